The van der Waals surface area contributed by atoms with Gasteiger partial charge >= 0.3 is 0 Å². The zero-order valence-corrected chi connectivity index (χ0v) is 9.82. The molecule has 0 amide bonds. The molecular weight excluding hydrogens is 222 g/mol. The second-order valence-corrected chi connectivity index (χ2v) is 4.19. The van der Waals surface area contributed by atoms with Gasteiger partial charge in [0.05, 0.1) is 17.1 Å². The Morgan fingerprint density at radius 1 is 0.778 bits per heavy atom. The van der Waals surface area contributed by atoms with E-state index in [2.05, 4.69) is 9.97 Å². The van der Waals surface area contributed by atoms with Gasteiger partial charge in [0.25, 0.3) is 0 Å². The topological polar surface area (TPSA) is 51.8 Å². The van der Waals surface area contributed by atoms with Crippen LogP contribution in [-0.2, 0) is 0 Å². The number of hydrogen-bond acceptors (Lipinski definition) is 3. The van der Waals surface area contributed by atoms with Gasteiger partial charge in [-0.2, -0.15) is 0 Å². The Morgan fingerprint density at radius 3 is 2.28 bits per heavy atom. The fraction of sp³-hybridized carbons (Fsp3) is 0.0667. The predicted octanol–water partition coefficient (Wildman–Crippen LogP) is 2.68. The van der Waals surface area contributed by atoms with Crippen molar-refractivity contribution < 1.29 is 0 Å². The summed E-state index contributed by atoms with van der Waals surface area (Å²) >= 11 is 0. The van der Waals surface area contributed by atoms with Crippen molar-refractivity contribution in [1.29, 1.82) is 0 Å². The average molecular weight is 235 g/mol. The van der Waals surface area contributed by atoms with Crippen LogP contribution in [0.2, 0.25) is 0 Å². The fourth-order valence-electron chi connectivity index (χ4n) is 2.03. The van der Waals surface area contributed by atoms with E-state index in [0.717, 1.165) is 22.2 Å². The largest absolute Gasteiger partial charge is 0.320 e. The second-order valence-electron chi connectivity index (χ2n) is 4.19. The lowest BCUT2D eigenvalue weighted by molar-refractivity contribution is 0.872. The van der Waals surface area contributed by atoms with Crippen LogP contribution in [-0.4, -0.2) is 9.97 Å². The van der Waals surface area contributed by atoms with Gasteiger partial charge in [-0.15, -0.1) is 0 Å². The molecule has 1 heterocycles. The molecule has 0 aliphatic heterocycles. The Hall–Kier alpha value is -2.26. The monoisotopic (exact) mass is 235 g/mol. The van der Waals surface area contributed by atoms with Crippen molar-refractivity contribution in [3.63, 3.8) is 0 Å². The average Bonchev–Trinajstić information content (AvgIpc) is 2.47. The molecule has 1 aromatic heterocycles. The van der Waals surface area contributed by atoms with E-state index in [1.165, 1.54) is 0 Å². The number of nitrogens with two attached hydrogens (primary N) is 1. The van der Waals surface area contributed by atoms with E-state index in [1.54, 1.807) is 12.4 Å². The Balaban J connectivity index is 2.04. The molecular formula is C15H13N3. The van der Waals surface area contributed by atoms with Gasteiger partial charge in [-0.25, -0.2) is 0 Å². The van der Waals surface area contributed by atoms with Gasteiger partial charge in [0, 0.05) is 12.4 Å². The van der Waals surface area contributed by atoms with Crippen molar-refractivity contribution >= 4 is 11.0 Å². The minimum Gasteiger partial charge on any atom is -0.320 e. The van der Waals surface area contributed by atoms with Crippen molar-refractivity contribution in [1.82, 2.24) is 9.97 Å². The lowest BCUT2D eigenvalue weighted by atomic mass is 9.99. The lowest BCUT2D eigenvalue weighted by Crippen LogP contribution is -2.11. The van der Waals surface area contributed by atoms with Crippen molar-refractivity contribution in [2.24, 2.45) is 5.73 Å². The summed E-state index contributed by atoms with van der Waals surface area (Å²) in [5, 5.41) is 0. The summed E-state index contributed by atoms with van der Waals surface area (Å²) in [6.07, 6.45) is 3.39. The molecule has 0 aliphatic rings. The Kier molecular flexibility index (Phi) is 2.74. The molecule has 0 spiro atoms. The van der Waals surface area contributed by atoms with Crippen molar-refractivity contribution in [2.75, 3.05) is 0 Å². The van der Waals surface area contributed by atoms with E-state index in [4.69, 9.17) is 5.73 Å². The van der Waals surface area contributed by atoms with E-state index in [9.17, 15) is 0 Å². The van der Waals surface area contributed by atoms with Gasteiger partial charge in [0.1, 0.15) is 0 Å². The first-order chi connectivity index (χ1) is 8.84. The molecule has 2 N–H and O–H groups in total. The first kappa shape index (κ1) is 10.9. The third kappa shape index (κ3) is 1.96. The summed E-state index contributed by atoms with van der Waals surface area (Å²) in [6.45, 7) is 0. The number of fused-ring (bicyclic) bond motifs is 1. The summed E-state index contributed by atoms with van der Waals surface area (Å²) in [6, 6.07) is 15.9. The highest BCUT2D eigenvalue weighted by Crippen LogP contribution is 2.21. The zero-order valence-electron chi connectivity index (χ0n) is 9.82. The lowest BCUT2D eigenvalue weighted by Gasteiger charge is -2.12. The molecule has 1 unspecified atom stereocenters. The minimum atomic E-state index is -0.127. The maximum atomic E-state index is 6.26. The van der Waals surface area contributed by atoms with Gasteiger partial charge in [-0.05, 0) is 23.3 Å². The van der Waals surface area contributed by atoms with Crippen LogP contribution in [0, 0.1) is 0 Å². The van der Waals surface area contributed by atoms with Crippen LogP contribution in [0.25, 0.3) is 11.0 Å². The standard InChI is InChI=1S/C15H13N3/c16-15(11-4-2-1-3-5-11)12-6-7-13-14(10-12)18-9-8-17-13/h1-10,15H,16H2. The molecule has 0 saturated heterocycles. The van der Waals surface area contributed by atoms with E-state index in [-0.39, 0.29) is 6.04 Å². The van der Waals surface area contributed by atoms with E-state index >= 15 is 0 Å². The molecule has 18 heavy (non-hydrogen) atoms. The fourth-order valence-corrected chi connectivity index (χ4v) is 2.03. The molecule has 3 rings (SSSR count). The zero-order chi connectivity index (χ0) is 12.4. The normalized spacial score (nSPS) is 12.5. The predicted molar refractivity (Wildman–Crippen MR) is 72.0 cm³/mol. The summed E-state index contributed by atoms with van der Waals surface area (Å²) in [7, 11) is 0. The quantitative estimate of drug-likeness (QED) is 0.743. The van der Waals surface area contributed by atoms with Crippen LogP contribution in [0.5, 0.6) is 0 Å². The van der Waals surface area contributed by atoms with Gasteiger partial charge in [-0.1, -0.05) is 36.4 Å². The van der Waals surface area contributed by atoms with Crippen LogP contribution in [0.1, 0.15) is 17.2 Å². The van der Waals surface area contributed by atoms with Crippen LogP contribution in [0.15, 0.2) is 60.9 Å². The first-order valence-electron chi connectivity index (χ1n) is 5.86. The maximum absolute atomic E-state index is 6.26. The SMILES string of the molecule is NC(c1ccccc1)c1ccc2nccnc2c1. The molecule has 3 nitrogen and oxygen atoms in total. The molecule has 88 valence electrons. The van der Waals surface area contributed by atoms with Crippen molar-refractivity contribution in [3.8, 4) is 0 Å². The molecule has 0 fully saturated rings. The van der Waals surface area contributed by atoms with Gasteiger partial charge in [-0.3, -0.25) is 9.97 Å². The Morgan fingerprint density at radius 2 is 1.50 bits per heavy atom. The summed E-state index contributed by atoms with van der Waals surface area (Å²) in [5.41, 5.74) is 10.2. The van der Waals surface area contributed by atoms with Crippen LogP contribution < -0.4 is 5.73 Å². The highest BCUT2D eigenvalue weighted by molar-refractivity contribution is 5.74. The van der Waals surface area contributed by atoms with Crippen LogP contribution in [0.4, 0.5) is 0 Å². The summed E-state index contributed by atoms with van der Waals surface area (Å²) in [4.78, 5) is 8.55. The molecule has 0 bridgehead atoms. The number of benzene rings is 2. The highest BCUT2D eigenvalue weighted by atomic mass is 14.8. The summed E-state index contributed by atoms with van der Waals surface area (Å²) in [5.74, 6) is 0. The first-order valence-corrected chi connectivity index (χ1v) is 5.86. The molecule has 3 heteroatoms. The second kappa shape index (κ2) is 4.55. The van der Waals surface area contributed by atoms with E-state index in [1.807, 2.05) is 48.5 Å². The van der Waals surface area contributed by atoms with E-state index in [0.29, 0.717) is 0 Å². The van der Waals surface area contributed by atoms with Gasteiger partial charge in [0.15, 0.2) is 0 Å². The van der Waals surface area contributed by atoms with Gasteiger partial charge in [0.2, 0.25) is 0 Å². The molecule has 2 aromatic carbocycles. The maximum Gasteiger partial charge on any atom is 0.0890 e. The minimum absolute atomic E-state index is 0.127. The van der Waals surface area contributed by atoms with Crippen molar-refractivity contribution in [2.45, 2.75) is 6.04 Å². The number of hydrogen-bond donors (Lipinski definition) is 1. The molecule has 3 aromatic rings. The number of nitrogens with zero attached hydrogens (tertiary/aromatic N) is 2. The van der Waals surface area contributed by atoms with E-state index < -0.39 is 0 Å². The summed E-state index contributed by atoms with van der Waals surface area (Å²) < 4.78 is 0. The highest BCUT2D eigenvalue weighted by Gasteiger charge is 2.09. The van der Waals surface area contributed by atoms with Crippen LogP contribution in [0.3, 0.4) is 0 Å². The smallest absolute Gasteiger partial charge is 0.0890 e. The molecule has 1 atom stereocenters. The van der Waals surface area contributed by atoms with Crippen molar-refractivity contribution in [3.05, 3.63) is 72.1 Å². The third-order valence-electron chi connectivity index (χ3n) is 3.01. The van der Waals surface area contributed by atoms with Gasteiger partial charge < -0.3 is 5.73 Å². The Labute approximate surface area is 105 Å². The third-order valence-corrected chi connectivity index (χ3v) is 3.01. The molecule has 0 aliphatic carbocycles. The number of rotatable bonds is 2. The van der Waals surface area contributed by atoms with Crippen LogP contribution >= 0.6 is 0 Å². The Bertz CT molecular complexity index is 665. The number of aromatic nitrogens is 2. The molecule has 0 radical (unpaired) electrons. The molecule has 0 saturated carbocycles.